The molecule has 0 aliphatic carbocycles. The first kappa shape index (κ1) is 13.9. The lowest BCUT2D eigenvalue weighted by Gasteiger charge is -2.26. The molecule has 1 fully saturated rings. The van der Waals surface area contributed by atoms with Gasteiger partial charge in [0.15, 0.2) is 0 Å². The SMILES string of the molecule is O=C(O)c1ccc2c(c1)[nH]c(=O)n2CCN1CCCCC1. The molecule has 1 aliphatic heterocycles. The fraction of sp³-hybridized carbons (Fsp3) is 0.467. The Labute approximate surface area is 122 Å². The fourth-order valence-electron chi connectivity index (χ4n) is 2.94. The molecular formula is C15H19N3O3. The number of nitrogens with zero attached hydrogens (tertiary/aromatic N) is 2. The van der Waals surface area contributed by atoms with E-state index in [9.17, 15) is 9.59 Å². The highest BCUT2D eigenvalue weighted by Crippen LogP contribution is 2.14. The Balaban J connectivity index is 1.82. The van der Waals surface area contributed by atoms with Crippen molar-refractivity contribution in [3.8, 4) is 0 Å². The van der Waals surface area contributed by atoms with E-state index in [2.05, 4.69) is 9.88 Å². The van der Waals surface area contributed by atoms with Crippen LogP contribution in [0, 0.1) is 0 Å². The number of aromatic nitrogens is 2. The minimum atomic E-state index is -0.987. The molecule has 2 heterocycles. The molecule has 1 aliphatic rings. The number of piperidine rings is 1. The average molecular weight is 289 g/mol. The van der Waals surface area contributed by atoms with E-state index in [0.717, 1.165) is 25.2 Å². The normalized spacial score (nSPS) is 16.4. The van der Waals surface area contributed by atoms with E-state index in [1.54, 1.807) is 10.6 Å². The van der Waals surface area contributed by atoms with Crippen molar-refractivity contribution in [1.82, 2.24) is 14.5 Å². The zero-order valence-electron chi connectivity index (χ0n) is 11.8. The highest BCUT2D eigenvalue weighted by Gasteiger charge is 2.13. The maximum absolute atomic E-state index is 12.0. The Bertz CT molecular complexity index is 711. The number of nitrogens with one attached hydrogen (secondary N) is 1. The molecule has 0 spiro atoms. The summed E-state index contributed by atoms with van der Waals surface area (Å²) in [6.45, 7) is 3.68. The van der Waals surface area contributed by atoms with Gasteiger partial charge in [0.1, 0.15) is 0 Å². The molecule has 21 heavy (non-hydrogen) atoms. The van der Waals surface area contributed by atoms with Gasteiger partial charge in [0.25, 0.3) is 0 Å². The van der Waals surface area contributed by atoms with Gasteiger partial charge in [-0.2, -0.15) is 0 Å². The number of H-pyrrole nitrogens is 1. The second-order valence-corrected chi connectivity index (χ2v) is 5.52. The number of carbonyl (C=O) groups is 1. The van der Waals surface area contributed by atoms with Crippen LogP contribution in [0.15, 0.2) is 23.0 Å². The number of aromatic amines is 1. The Morgan fingerprint density at radius 1 is 1.19 bits per heavy atom. The van der Waals surface area contributed by atoms with Gasteiger partial charge in [0.05, 0.1) is 16.6 Å². The number of fused-ring (bicyclic) bond motifs is 1. The average Bonchev–Trinajstić information content (AvgIpc) is 2.80. The van der Waals surface area contributed by atoms with Gasteiger partial charge < -0.3 is 15.0 Å². The lowest BCUT2D eigenvalue weighted by atomic mass is 10.1. The van der Waals surface area contributed by atoms with Crippen LogP contribution in [0.4, 0.5) is 0 Å². The number of benzene rings is 1. The summed E-state index contributed by atoms with van der Waals surface area (Å²) in [5.41, 5.74) is 1.36. The lowest BCUT2D eigenvalue weighted by Crippen LogP contribution is -2.34. The van der Waals surface area contributed by atoms with Gasteiger partial charge in [0.2, 0.25) is 0 Å². The third kappa shape index (κ3) is 2.85. The summed E-state index contributed by atoms with van der Waals surface area (Å²) >= 11 is 0. The monoisotopic (exact) mass is 289 g/mol. The number of imidazole rings is 1. The Hall–Kier alpha value is -2.08. The molecule has 0 unspecified atom stereocenters. The molecule has 0 atom stereocenters. The maximum atomic E-state index is 12.0. The molecule has 2 N–H and O–H groups in total. The van der Waals surface area contributed by atoms with Crippen LogP contribution in [0.2, 0.25) is 0 Å². The van der Waals surface area contributed by atoms with E-state index in [1.807, 2.05) is 0 Å². The number of carboxylic acids is 1. The Morgan fingerprint density at radius 2 is 1.95 bits per heavy atom. The van der Waals surface area contributed by atoms with Crippen LogP contribution < -0.4 is 5.69 Å². The number of likely N-dealkylation sites (tertiary alicyclic amines) is 1. The quantitative estimate of drug-likeness (QED) is 0.894. The van der Waals surface area contributed by atoms with E-state index >= 15 is 0 Å². The molecule has 112 valence electrons. The predicted octanol–water partition coefficient (Wildman–Crippen LogP) is 1.51. The third-order valence-electron chi connectivity index (χ3n) is 4.11. The second-order valence-electron chi connectivity index (χ2n) is 5.52. The molecule has 6 heteroatoms. The molecule has 0 saturated carbocycles. The van der Waals surface area contributed by atoms with E-state index in [-0.39, 0.29) is 11.3 Å². The number of carboxylic acid groups (broad SMARTS) is 1. The summed E-state index contributed by atoms with van der Waals surface area (Å²) in [5, 5.41) is 8.99. The fourth-order valence-corrected chi connectivity index (χ4v) is 2.94. The van der Waals surface area contributed by atoms with Crippen LogP contribution in [0.25, 0.3) is 11.0 Å². The highest BCUT2D eigenvalue weighted by molar-refractivity contribution is 5.92. The molecule has 0 radical (unpaired) electrons. The van der Waals surface area contributed by atoms with Crippen molar-refractivity contribution in [2.75, 3.05) is 19.6 Å². The van der Waals surface area contributed by atoms with Gasteiger partial charge in [-0.15, -0.1) is 0 Å². The van der Waals surface area contributed by atoms with Crippen LogP contribution >= 0.6 is 0 Å². The van der Waals surface area contributed by atoms with Crippen molar-refractivity contribution in [1.29, 1.82) is 0 Å². The second kappa shape index (κ2) is 5.73. The van der Waals surface area contributed by atoms with Crippen molar-refractivity contribution in [2.45, 2.75) is 25.8 Å². The molecule has 2 aromatic rings. The van der Waals surface area contributed by atoms with E-state index in [1.165, 1.54) is 31.4 Å². The summed E-state index contributed by atoms with van der Waals surface area (Å²) in [7, 11) is 0. The lowest BCUT2D eigenvalue weighted by molar-refractivity contribution is 0.0697. The molecule has 0 amide bonds. The van der Waals surface area contributed by atoms with Crippen LogP contribution in [-0.4, -0.2) is 45.2 Å². The van der Waals surface area contributed by atoms with Gasteiger partial charge >= 0.3 is 11.7 Å². The van der Waals surface area contributed by atoms with Crippen molar-refractivity contribution in [3.05, 3.63) is 34.2 Å². The van der Waals surface area contributed by atoms with Crippen LogP contribution in [0.5, 0.6) is 0 Å². The van der Waals surface area contributed by atoms with Crippen molar-refractivity contribution in [2.24, 2.45) is 0 Å². The zero-order chi connectivity index (χ0) is 14.8. The van der Waals surface area contributed by atoms with Crippen LogP contribution in [-0.2, 0) is 6.54 Å². The summed E-state index contributed by atoms with van der Waals surface area (Å²) in [6.07, 6.45) is 3.75. The molecule has 1 aromatic carbocycles. The van der Waals surface area contributed by atoms with Gasteiger partial charge in [-0.05, 0) is 44.1 Å². The standard InChI is InChI=1S/C15H19N3O3/c19-14(20)11-4-5-13-12(10-11)16-15(21)18(13)9-8-17-6-2-1-3-7-17/h4-5,10H,1-3,6-9H2,(H,16,21)(H,19,20). The van der Waals surface area contributed by atoms with Crippen molar-refractivity contribution < 1.29 is 9.90 Å². The number of rotatable bonds is 4. The van der Waals surface area contributed by atoms with E-state index in [0.29, 0.717) is 12.1 Å². The summed E-state index contributed by atoms with van der Waals surface area (Å²) in [4.78, 5) is 28.1. The van der Waals surface area contributed by atoms with Crippen LogP contribution in [0.3, 0.4) is 0 Å². The summed E-state index contributed by atoms with van der Waals surface area (Å²) in [6, 6.07) is 4.75. The molecular weight excluding hydrogens is 270 g/mol. The molecule has 0 bridgehead atoms. The van der Waals surface area contributed by atoms with Gasteiger partial charge in [-0.25, -0.2) is 9.59 Å². The Kier molecular flexibility index (Phi) is 3.79. The summed E-state index contributed by atoms with van der Waals surface area (Å²) < 4.78 is 1.69. The van der Waals surface area contributed by atoms with Crippen molar-refractivity contribution in [3.63, 3.8) is 0 Å². The largest absolute Gasteiger partial charge is 0.478 e. The van der Waals surface area contributed by atoms with Crippen molar-refractivity contribution >= 4 is 17.0 Å². The van der Waals surface area contributed by atoms with E-state index in [4.69, 9.17) is 5.11 Å². The summed E-state index contributed by atoms with van der Waals surface area (Å²) in [5.74, 6) is -0.987. The minimum absolute atomic E-state index is 0.176. The van der Waals surface area contributed by atoms with E-state index < -0.39 is 5.97 Å². The van der Waals surface area contributed by atoms with Gasteiger partial charge in [-0.3, -0.25) is 4.57 Å². The number of hydrogen-bond donors (Lipinski definition) is 2. The third-order valence-corrected chi connectivity index (χ3v) is 4.11. The molecule has 1 aromatic heterocycles. The number of hydrogen-bond acceptors (Lipinski definition) is 3. The highest BCUT2D eigenvalue weighted by atomic mass is 16.4. The van der Waals surface area contributed by atoms with Gasteiger partial charge in [0, 0.05) is 13.1 Å². The molecule has 3 rings (SSSR count). The van der Waals surface area contributed by atoms with Crippen LogP contribution in [0.1, 0.15) is 29.6 Å². The maximum Gasteiger partial charge on any atom is 0.335 e. The first-order valence-corrected chi connectivity index (χ1v) is 7.33. The topological polar surface area (TPSA) is 78.3 Å². The predicted molar refractivity (Wildman–Crippen MR) is 79.8 cm³/mol. The zero-order valence-corrected chi connectivity index (χ0v) is 11.8. The van der Waals surface area contributed by atoms with Gasteiger partial charge in [-0.1, -0.05) is 6.42 Å². The molecule has 1 saturated heterocycles. The first-order chi connectivity index (χ1) is 10.1. The first-order valence-electron chi connectivity index (χ1n) is 7.33. The smallest absolute Gasteiger partial charge is 0.335 e. The Morgan fingerprint density at radius 3 is 2.67 bits per heavy atom. The minimum Gasteiger partial charge on any atom is -0.478 e. The number of aromatic carboxylic acids is 1. The molecule has 6 nitrogen and oxygen atoms in total.